The van der Waals surface area contributed by atoms with Crippen LogP contribution in [0.3, 0.4) is 0 Å². The van der Waals surface area contributed by atoms with E-state index < -0.39 is 0 Å². The lowest BCUT2D eigenvalue weighted by Crippen LogP contribution is -2.15. The first kappa shape index (κ1) is 21.1. The zero-order valence-corrected chi connectivity index (χ0v) is 17.8. The summed E-state index contributed by atoms with van der Waals surface area (Å²) in [6.07, 6.45) is 1.90. The lowest BCUT2D eigenvalue weighted by Gasteiger charge is -2.12. The SMILES string of the molecule is CN(C)CCCOc1ccc2c(=O)c3cc(OCCCN(C)C)ccc3[nH]c2c1. The van der Waals surface area contributed by atoms with E-state index in [9.17, 15) is 4.79 Å². The molecule has 1 aromatic heterocycles. The Balaban J connectivity index is 1.77. The van der Waals surface area contributed by atoms with Gasteiger partial charge in [0, 0.05) is 29.9 Å². The van der Waals surface area contributed by atoms with Crippen LogP contribution in [0.2, 0.25) is 0 Å². The third-order valence-electron chi connectivity index (χ3n) is 4.78. The molecule has 1 N–H and O–H groups in total. The Kier molecular flexibility index (Phi) is 7.12. The molecule has 0 spiro atoms. The summed E-state index contributed by atoms with van der Waals surface area (Å²) in [6, 6.07) is 11.2. The summed E-state index contributed by atoms with van der Waals surface area (Å²) in [5, 5.41) is 1.30. The Morgan fingerprint density at radius 2 is 1.34 bits per heavy atom. The molecule has 0 atom stereocenters. The second-order valence-electron chi connectivity index (χ2n) is 7.88. The number of nitrogens with zero attached hydrogens (tertiary/aromatic N) is 2. The Morgan fingerprint density at radius 3 is 1.97 bits per heavy atom. The van der Waals surface area contributed by atoms with Gasteiger partial charge >= 0.3 is 0 Å². The second kappa shape index (κ2) is 9.76. The monoisotopic (exact) mass is 397 g/mol. The summed E-state index contributed by atoms with van der Waals surface area (Å²) in [6.45, 7) is 3.23. The minimum Gasteiger partial charge on any atom is -0.494 e. The highest BCUT2D eigenvalue weighted by molar-refractivity contribution is 5.93. The maximum Gasteiger partial charge on any atom is 0.197 e. The molecule has 0 aliphatic heterocycles. The van der Waals surface area contributed by atoms with E-state index >= 15 is 0 Å². The maximum absolute atomic E-state index is 13.0. The zero-order chi connectivity index (χ0) is 20.8. The van der Waals surface area contributed by atoms with Crippen LogP contribution in [0.5, 0.6) is 11.5 Å². The van der Waals surface area contributed by atoms with Crippen molar-refractivity contribution in [2.45, 2.75) is 12.8 Å². The second-order valence-corrected chi connectivity index (χ2v) is 7.88. The van der Waals surface area contributed by atoms with Crippen molar-refractivity contribution in [3.8, 4) is 11.5 Å². The topological polar surface area (TPSA) is 57.8 Å². The Labute approximate surface area is 172 Å². The number of benzene rings is 2. The van der Waals surface area contributed by atoms with Crippen molar-refractivity contribution < 1.29 is 9.47 Å². The number of pyridine rings is 1. The van der Waals surface area contributed by atoms with Crippen LogP contribution >= 0.6 is 0 Å². The van der Waals surface area contributed by atoms with Crippen LogP contribution < -0.4 is 14.9 Å². The average molecular weight is 398 g/mol. The fourth-order valence-electron chi connectivity index (χ4n) is 3.26. The number of hydrogen-bond donors (Lipinski definition) is 1. The van der Waals surface area contributed by atoms with Crippen molar-refractivity contribution in [2.24, 2.45) is 0 Å². The molecule has 6 heteroatoms. The first-order chi connectivity index (χ1) is 13.9. The van der Waals surface area contributed by atoms with Gasteiger partial charge in [0.2, 0.25) is 0 Å². The summed E-state index contributed by atoms with van der Waals surface area (Å²) >= 11 is 0. The number of ether oxygens (including phenoxy) is 2. The van der Waals surface area contributed by atoms with Crippen molar-refractivity contribution in [1.29, 1.82) is 0 Å². The number of fused-ring (bicyclic) bond motifs is 2. The number of rotatable bonds is 10. The van der Waals surface area contributed by atoms with Gasteiger partial charge in [0.1, 0.15) is 11.5 Å². The molecule has 0 aliphatic rings. The van der Waals surface area contributed by atoms with Crippen LogP contribution in [0, 0.1) is 0 Å². The van der Waals surface area contributed by atoms with E-state index in [1.807, 2.05) is 64.6 Å². The van der Waals surface area contributed by atoms with E-state index in [0.29, 0.717) is 24.0 Å². The van der Waals surface area contributed by atoms with E-state index in [1.54, 1.807) is 0 Å². The predicted octanol–water partition coefficient (Wildman–Crippen LogP) is 3.34. The molecule has 1 heterocycles. The van der Waals surface area contributed by atoms with Gasteiger partial charge in [-0.3, -0.25) is 4.79 Å². The van der Waals surface area contributed by atoms with Crippen LogP contribution in [0.1, 0.15) is 12.8 Å². The normalized spacial score (nSPS) is 11.7. The lowest BCUT2D eigenvalue weighted by atomic mass is 10.1. The highest BCUT2D eigenvalue weighted by Crippen LogP contribution is 2.23. The highest BCUT2D eigenvalue weighted by atomic mass is 16.5. The van der Waals surface area contributed by atoms with Gasteiger partial charge in [0.05, 0.1) is 24.2 Å². The number of aromatic nitrogens is 1. The molecular formula is C23H31N3O3. The largest absolute Gasteiger partial charge is 0.494 e. The van der Waals surface area contributed by atoms with Crippen LogP contribution in [-0.4, -0.2) is 69.3 Å². The number of aromatic amines is 1. The van der Waals surface area contributed by atoms with Gasteiger partial charge in [-0.25, -0.2) is 0 Å². The predicted molar refractivity (Wildman–Crippen MR) is 119 cm³/mol. The first-order valence-electron chi connectivity index (χ1n) is 10.1. The van der Waals surface area contributed by atoms with Gasteiger partial charge in [0.15, 0.2) is 5.43 Å². The van der Waals surface area contributed by atoms with Gasteiger partial charge in [-0.05, 0) is 71.4 Å². The van der Waals surface area contributed by atoms with E-state index in [4.69, 9.17) is 9.47 Å². The molecule has 0 amide bonds. The van der Waals surface area contributed by atoms with Crippen molar-refractivity contribution >= 4 is 21.8 Å². The summed E-state index contributed by atoms with van der Waals surface area (Å²) in [5.41, 5.74) is 1.59. The molecule has 3 rings (SSSR count). The van der Waals surface area contributed by atoms with Gasteiger partial charge < -0.3 is 24.3 Å². The fourth-order valence-corrected chi connectivity index (χ4v) is 3.26. The molecule has 0 saturated heterocycles. The molecule has 0 fully saturated rings. The van der Waals surface area contributed by atoms with Crippen molar-refractivity contribution in [3.63, 3.8) is 0 Å². The molecular weight excluding hydrogens is 366 g/mol. The zero-order valence-electron chi connectivity index (χ0n) is 17.8. The lowest BCUT2D eigenvalue weighted by molar-refractivity contribution is 0.281. The number of nitrogens with one attached hydrogen (secondary N) is 1. The van der Waals surface area contributed by atoms with Gasteiger partial charge in [0.25, 0.3) is 0 Å². The van der Waals surface area contributed by atoms with E-state index in [-0.39, 0.29) is 5.43 Å². The minimum absolute atomic E-state index is 0.00616. The maximum atomic E-state index is 13.0. The summed E-state index contributed by atoms with van der Waals surface area (Å²) in [7, 11) is 8.18. The third kappa shape index (κ3) is 5.71. The van der Waals surface area contributed by atoms with Gasteiger partial charge in [-0.2, -0.15) is 0 Å². The molecule has 3 aromatic rings. The molecule has 0 saturated carbocycles. The van der Waals surface area contributed by atoms with Crippen molar-refractivity contribution in [3.05, 3.63) is 46.6 Å². The summed E-state index contributed by atoms with van der Waals surface area (Å²) < 4.78 is 11.7. The molecule has 156 valence electrons. The first-order valence-corrected chi connectivity index (χ1v) is 10.1. The van der Waals surface area contributed by atoms with Crippen LogP contribution in [0.15, 0.2) is 41.2 Å². The standard InChI is InChI=1S/C23H31N3O3/c1-25(2)11-5-13-28-17-8-10-21-20(15-17)23(27)19-9-7-18(16-22(19)24-21)29-14-6-12-26(3)4/h7-10,15-16H,5-6,11-14H2,1-4H3,(H,24,27). The molecule has 6 nitrogen and oxygen atoms in total. The van der Waals surface area contributed by atoms with Crippen molar-refractivity contribution in [1.82, 2.24) is 14.8 Å². The van der Waals surface area contributed by atoms with E-state index in [2.05, 4.69) is 14.8 Å². The Bertz CT molecular complexity index is 1010. The van der Waals surface area contributed by atoms with Gasteiger partial charge in [-0.1, -0.05) is 0 Å². The smallest absolute Gasteiger partial charge is 0.197 e. The molecule has 2 aromatic carbocycles. The van der Waals surface area contributed by atoms with E-state index in [0.717, 1.165) is 48.5 Å². The number of hydrogen-bond acceptors (Lipinski definition) is 5. The van der Waals surface area contributed by atoms with Crippen molar-refractivity contribution in [2.75, 3.05) is 54.5 Å². The van der Waals surface area contributed by atoms with Crippen LogP contribution in [0.25, 0.3) is 21.8 Å². The third-order valence-corrected chi connectivity index (χ3v) is 4.78. The highest BCUT2D eigenvalue weighted by Gasteiger charge is 2.08. The quantitative estimate of drug-likeness (QED) is 0.420. The number of H-pyrrole nitrogens is 1. The summed E-state index contributed by atoms with van der Waals surface area (Å²) in [4.78, 5) is 20.6. The summed E-state index contributed by atoms with van der Waals surface area (Å²) in [5.74, 6) is 1.49. The minimum atomic E-state index is 0.00616. The van der Waals surface area contributed by atoms with Gasteiger partial charge in [-0.15, -0.1) is 0 Å². The van der Waals surface area contributed by atoms with Crippen LogP contribution in [0.4, 0.5) is 0 Å². The Hall–Kier alpha value is -2.57. The molecule has 0 unspecified atom stereocenters. The Morgan fingerprint density at radius 1 is 0.759 bits per heavy atom. The fraction of sp³-hybridized carbons (Fsp3) is 0.435. The molecule has 0 bridgehead atoms. The molecule has 29 heavy (non-hydrogen) atoms. The average Bonchev–Trinajstić information content (AvgIpc) is 2.68. The molecule has 0 radical (unpaired) electrons. The van der Waals surface area contributed by atoms with Crippen LogP contribution in [-0.2, 0) is 0 Å². The van der Waals surface area contributed by atoms with E-state index in [1.165, 1.54) is 0 Å². The molecule has 0 aliphatic carbocycles.